The molecule has 0 radical (unpaired) electrons. The number of likely N-dealkylation sites (N-methyl/N-ethyl adjacent to an activating group) is 1. The predicted molar refractivity (Wildman–Crippen MR) is 134 cm³/mol. The van der Waals surface area contributed by atoms with E-state index in [0.29, 0.717) is 25.8 Å². The molecule has 33 heavy (non-hydrogen) atoms. The highest BCUT2D eigenvalue weighted by molar-refractivity contribution is 5.88. The molecule has 0 bridgehead atoms. The highest BCUT2D eigenvalue weighted by Crippen LogP contribution is 2.18. The second kappa shape index (κ2) is 12.0. The third-order valence-corrected chi connectivity index (χ3v) is 6.01. The second-order valence-corrected chi connectivity index (χ2v) is 8.50. The highest BCUT2D eigenvalue weighted by atomic mass is 16.2. The maximum Gasteiger partial charge on any atom is 0.242 e. The molecule has 0 heterocycles. The lowest BCUT2D eigenvalue weighted by Gasteiger charge is -2.31. The number of rotatable bonds is 10. The molecule has 0 aliphatic carbocycles. The molecule has 0 fully saturated rings. The summed E-state index contributed by atoms with van der Waals surface area (Å²) >= 11 is 0. The summed E-state index contributed by atoms with van der Waals surface area (Å²) in [5, 5.41) is 2.77. The van der Waals surface area contributed by atoms with Crippen LogP contribution in [-0.2, 0) is 35.4 Å². The SMILES string of the molecule is CCc1ccc(CCC(=O)N(Cc2cccc(C)c2)C(Cc2ccccc2)C(=O)NC)cc1. The Morgan fingerprint density at radius 1 is 0.848 bits per heavy atom. The topological polar surface area (TPSA) is 49.4 Å². The van der Waals surface area contributed by atoms with Gasteiger partial charge in [0.05, 0.1) is 0 Å². The van der Waals surface area contributed by atoms with E-state index in [4.69, 9.17) is 0 Å². The van der Waals surface area contributed by atoms with Gasteiger partial charge in [-0.3, -0.25) is 9.59 Å². The molecule has 3 aromatic rings. The summed E-state index contributed by atoms with van der Waals surface area (Å²) < 4.78 is 0. The van der Waals surface area contributed by atoms with E-state index in [1.807, 2.05) is 55.5 Å². The Morgan fingerprint density at radius 3 is 2.15 bits per heavy atom. The van der Waals surface area contributed by atoms with E-state index in [1.54, 1.807) is 11.9 Å². The molecule has 1 N–H and O–H groups in total. The maximum atomic E-state index is 13.5. The number of carbonyl (C=O) groups excluding carboxylic acids is 2. The Labute approximate surface area is 197 Å². The van der Waals surface area contributed by atoms with Crippen LogP contribution in [0.25, 0.3) is 0 Å². The van der Waals surface area contributed by atoms with E-state index >= 15 is 0 Å². The fourth-order valence-electron chi connectivity index (χ4n) is 4.06. The number of nitrogens with zero attached hydrogens (tertiary/aromatic N) is 1. The van der Waals surface area contributed by atoms with E-state index in [2.05, 4.69) is 42.6 Å². The van der Waals surface area contributed by atoms with Crippen molar-refractivity contribution in [2.24, 2.45) is 0 Å². The molecule has 3 aromatic carbocycles. The van der Waals surface area contributed by atoms with Crippen LogP contribution < -0.4 is 5.32 Å². The number of aryl methyl sites for hydroxylation is 3. The van der Waals surface area contributed by atoms with Crippen molar-refractivity contribution >= 4 is 11.8 Å². The Hall–Kier alpha value is -3.40. The molecule has 3 rings (SSSR count). The first-order valence-electron chi connectivity index (χ1n) is 11.7. The normalized spacial score (nSPS) is 11.6. The third-order valence-electron chi connectivity index (χ3n) is 6.01. The smallest absolute Gasteiger partial charge is 0.242 e. The van der Waals surface area contributed by atoms with Crippen LogP contribution in [0.5, 0.6) is 0 Å². The van der Waals surface area contributed by atoms with Crippen molar-refractivity contribution in [3.05, 3.63) is 107 Å². The van der Waals surface area contributed by atoms with Gasteiger partial charge in [0.15, 0.2) is 0 Å². The predicted octanol–water partition coefficient (Wildman–Crippen LogP) is 4.88. The lowest BCUT2D eigenvalue weighted by atomic mass is 10.0. The van der Waals surface area contributed by atoms with Gasteiger partial charge in [0, 0.05) is 26.4 Å². The van der Waals surface area contributed by atoms with Crippen molar-refractivity contribution in [1.29, 1.82) is 0 Å². The van der Waals surface area contributed by atoms with E-state index in [-0.39, 0.29) is 11.8 Å². The minimum atomic E-state index is -0.576. The summed E-state index contributed by atoms with van der Waals surface area (Å²) in [6.45, 7) is 4.57. The van der Waals surface area contributed by atoms with Gasteiger partial charge in [-0.05, 0) is 42.0 Å². The molecule has 2 amide bonds. The maximum absolute atomic E-state index is 13.5. The lowest BCUT2D eigenvalue weighted by Crippen LogP contribution is -2.49. The minimum absolute atomic E-state index is 0.0133. The standard InChI is InChI=1S/C29H34N2O2/c1-4-23-13-15-24(16-14-23)17-18-28(32)31(21-26-12-8-9-22(2)19-26)27(29(33)30-3)20-25-10-6-5-7-11-25/h5-16,19,27H,4,17-18,20-21H2,1-3H3,(H,30,33). The van der Waals surface area contributed by atoms with E-state index < -0.39 is 6.04 Å². The second-order valence-electron chi connectivity index (χ2n) is 8.50. The molecule has 0 aliphatic rings. The average Bonchev–Trinajstić information content (AvgIpc) is 2.85. The first kappa shape index (κ1) is 24.2. The summed E-state index contributed by atoms with van der Waals surface area (Å²) in [7, 11) is 1.63. The summed E-state index contributed by atoms with van der Waals surface area (Å²) in [6, 6.07) is 25.9. The van der Waals surface area contributed by atoms with Crippen molar-refractivity contribution < 1.29 is 9.59 Å². The van der Waals surface area contributed by atoms with E-state index in [1.165, 1.54) is 5.56 Å². The lowest BCUT2D eigenvalue weighted by molar-refractivity contribution is -0.141. The fraction of sp³-hybridized carbons (Fsp3) is 0.310. The van der Waals surface area contributed by atoms with Gasteiger partial charge >= 0.3 is 0 Å². The Balaban J connectivity index is 1.85. The van der Waals surface area contributed by atoms with Crippen LogP contribution in [0, 0.1) is 6.92 Å². The third kappa shape index (κ3) is 7.04. The molecule has 0 aliphatic heterocycles. The first-order valence-corrected chi connectivity index (χ1v) is 11.7. The quantitative estimate of drug-likeness (QED) is 0.487. The van der Waals surface area contributed by atoms with E-state index in [9.17, 15) is 9.59 Å². The molecule has 0 saturated heterocycles. The zero-order chi connectivity index (χ0) is 23.6. The van der Waals surface area contributed by atoms with Crippen molar-refractivity contribution in [2.75, 3.05) is 7.05 Å². The van der Waals surface area contributed by atoms with Gasteiger partial charge in [-0.2, -0.15) is 0 Å². The number of benzene rings is 3. The number of amides is 2. The largest absolute Gasteiger partial charge is 0.357 e. The molecule has 4 nitrogen and oxygen atoms in total. The molecule has 1 atom stereocenters. The summed E-state index contributed by atoms with van der Waals surface area (Å²) in [5.74, 6) is -0.159. The molecule has 172 valence electrons. The van der Waals surface area contributed by atoms with Gasteiger partial charge in [-0.25, -0.2) is 0 Å². The zero-order valence-electron chi connectivity index (χ0n) is 19.9. The van der Waals surface area contributed by atoms with Gasteiger partial charge < -0.3 is 10.2 Å². The van der Waals surface area contributed by atoms with Crippen LogP contribution in [-0.4, -0.2) is 29.8 Å². The van der Waals surface area contributed by atoms with Crippen LogP contribution in [0.15, 0.2) is 78.9 Å². The van der Waals surface area contributed by atoms with Crippen LogP contribution in [0.4, 0.5) is 0 Å². The zero-order valence-corrected chi connectivity index (χ0v) is 19.9. The molecule has 1 unspecified atom stereocenters. The number of hydrogen-bond donors (Lipinski definition) is 1. The molecule has 0 saturated carbocycles. The minimum Gasteiger partial charge on any atom is -0.357 e. The van der Waals surface area contributed by atoms with E-state index in [0.717, 1.165) is 28.7 Å². The van der Waals surface area contributed by atoms with Crippen LogP contribution in [0.1, 0.15) is 41.2 Å². The van der Waals surface area contributed by atoms with Gasteiger partial charge in [-0.1, -0.05) is 91.3 Å². The summed E-state index contributed by atoms with van der Waals surface area (Å²) in [6.07, 6.45) is 2.48. The van der Waals surface area contributed by atoms with Crippen molar-refractivity contribution in [3.63, 3.8) is 0 Å². The molecule has 4 heteroatoms. The molecule has 0 aromatic heterocycles. The first-order chi connectivity index (χ1) is 16.0. The monoisotopic (exact) mass is 442 g/mol. The average molecular weight is 443 g/mol. The summed E-state index contributed by atoms with van der Waals surface area (Å²) in [4.78, 5) is 28.2. The van der Waals surface area contributed by atoms with Gasteiger partial charge in [-0.15, -0.1) is 0 Å². The number of carbonyl (C=O) groups is 2. The molecular formula is C29H34N2O2. The highest BCUT2D eigenvalue weighted by Gasteiger charge is 2.29. The van der Waals surface area contributed by atoms with Gasteiger partial charge in [0.25, 0.3) is 0 Å². The Bertz CT molecular complexity index is 1040. The van der Waals surface area contributed by atoms with Crippen LogP contribution >= 0.6 is 0 Å². The van der Waals surface area contributed by atoms with Gasteiger partial charge in [0.2, 0.25) is 11.8 Å². The number of nitrogens with one attached hydrogen (secondary N) is 1. The van der Waals surface area contributed by atoms with Crippen molar-refractivity contribution in [1.82, 2.24) is 10.2 Å². The van der Waals surface area contributed by atoms with Crippen molar-refractivity contribution in [2.45, 2.75) is 52.1 Å². The van der Waals surface area contributed by atoms with Crippen LogP contribution in [0.2, 0.25) is 0 Å². The van der Waals surface area contributed by atoms with Crippen LogP contribution in [0.3, 0.4) is 0 Å². The van der Waals surface area contributed by atoms with Gasteiger partial charge in [0.1, 0.15) is 6.04 Å². The fourth-order valence-corrected chi connectivity index (χ4v) is 4.06. The molecular weight excluding hydrogens is 408 g/mol. The van der Waals surface area contributed by atoms with Crippen molar-refractivity contribution in [3.8, 4) is 0 Å². The number of hydrogen-bond acceptors (Lipinski definition) is 2. The molecule has 0 spiro atoms. The summed E-state index contributed by atoms with van der Waals surface area (Å²) in [5.41, 5.74) is 5.61. The Morgan fingerprint density at radius 2 is 1.52 bits per heavy atom. The Kier molecular flexibility index (Phi) is 8.82.